The zero-order valence-electron chi connectivity index (χ0n) is 5.86. The second-order valence-corrected chi connectivity index (χ2v) is 3.48. The lowest BCUT2D eigenvalue weighted by Gasteiger charge is -1.88. The molecule has 0 spiro atoms. The fraction of sp³-hybridized carbons (Fsp3) is 0.429. The summed E-state index contributed by atoms with van der Waals surface area (Å²) in [6.45, 7) is 0. The Labute approximate surface area is 68.2 Å². The second kappa shape index (κ2) is 2.30. The minimum absolute atomic E-state index is 0.0529. The highest BCUT2D eigenvalue weighted by Crippen LogP contribution is 2.46. The Morgan fingerprint density at radius 1 is 1.82 bits per heavy atom. The van der Waals surface area contributed by atoms with Gasteiger partial charge in [0.1, 0.15) is 0 Å². The molecular formula is C7H8N2OS. The average Bonchev–Trinajstić information content (AvgIpc) is 2.60. The zero-order valence-corrected chi connectivity index (χ0v) is 6.67. The molecule has 3 nitrogen and oxygen atoms in total. The molecule has 2 atom stereocenters. The van der Waals surface area contributed by atoms with Crippen molar-refractivity contribution in [3.05, 3.63) is 16.6 Å². The molecule has 1 aliphatic carbocycles. The van der Waals surface area contributed by atoms with Gasteiger partial charge >= 0.3 is 0 Å². The van der Waals surface area contributed by atoms with Crippen LogP contribution in [-0.2, 0) is 4.79 Å². The van der Waals surface area contributed by atoms with E-state index in [1.165, 1.54) is 0 Å². The molecule has 0 radical (unpaired) electrons. The van der Waals surface area contributed by atoms with Crippen LogP contribution in [0.3, 0.4) is 0 Å². The molecule has 1 amide bonds. The first-order valence-corrected chi connectivity index (χ1v) is 4.40. The summed E-state index contributed by atoms with van der Waals surface area (Å²) in [6.07, 6.45) is 0.888. The number of amides is 1. The summed E-state index contributed by atoms with van der Waals surface area (Å²) < 4.78 is 0. The number of thiazole rings is 1. The molecule has 1 aromatic rings. The first kappa shape index (κ1) is 6.79. The number of nitrogens with zero attached hydrogens (tertiary/aromatic N) is 1. The van der Waals surface area contributed by atoms with Gasteiger partial charge in [0.25, 0.3) is 0 Å². The molecule has 1 heterocycles. The summed E-state index contributed by atoms with van der Waals surface area (Å²) in [6, 6.07) is 0. The summed E-state index contributed by atoms with van der Waals surface area (Å²) in [7, 11) is 0. The van der Waals surface area contributed by atoms with Crippen LogP contribution >= 0.6 is 11.3 Å². The number of nitrogens with two attached hydrogens (primary N) is 1. The van der Waals surface area contributed by atoms with Gasteiger partial charge in [0.05, 0.1) is 11.2 Å². The molecular weight excluding hydrogens is 160 g/mol. The van der Waals surface area contributed by atoms with E-state index >= 15 is 0 Å². The van der Waals surface area contributed by atoms with Gasteiger partial charge in [0, 0.05) is 17.2 Å². The van der Waals surface area contributed by atoms with Gasteiger partial charge in [-0.3, -0.25) is 4.79 Å². The van der Waals surface area contributed by atoms with Gasteiger partial charge in [-0.2, -0.15) is 0 Å². The lowest BCUT2D eigenvalue weighted by molar-refractivity contribution is -0.119. The standard InChI is InChI=1S/C7H8N2OS/c8-7(10)5-1-4(5)6-2-11-3-9-6/h2-5H,1H2,(H2,8,10). The minimum Gasteiger partial charge on any atom is -0.369 e. The number of hydrogen-bond donors (Lipinski definition) is 1. The molecule has 1 fully saturated rings. The third kappa shape index (κ3) is 1.14. The van der Waals surface area contributed by atoms with E-state index in [0.29, 0.717) is 5.92 Å². The number of hydrogen-bond acceptors (Lipinski definition) is 3. The van der Waals surface area contributed by atoms with E-state index in [9.17, 15) is 4.79 Å². The normalized spacial score (nSPS) is 28.4. The quantitative estimate of drug-likeness (QED) is 0.707. The molecule has 0 aliphatic heterocycles. The van der Waals surface area contributed by atoms with Crippen LogP contribution in [0.4, 0.5) is 0 Å². The lowest BCUT2D eigenvalue weighted by atomic mass is 10.2. The van der Waals surface area contributed by atoms with Gasteiger partial charge in [-0.1, -0.05) is 0 Å². The second-order valence-electron chi connectivity index (χ2n) is 2.76. The van der Waals surface area contributed by atoms with E-state index in [1.807, 2.05) is 5.38 Å². The monoisotopic (exact) mass is 168 g/mol. The lowest BCUT2D eigenvalue weighted by Crippen LogP contribution is -2.13. The molecule has 1 saturated carbocycles. The van der Waals surface area contributed by atoms with Crippen LogP contribution in [0.2, 0.25) is 0 Å². The van der Waals surface area contributed by atoms with Crippen LogP contribution in [0.15, 0.2) is 10.9 Å². The Hall–Kier alpha value is -0.900. The van der Waals surface area contributed by atoms with Crippen molar-refractivity contribution in [3.8, 4) is 0 Å². The zero-order chi connectivity index (χ0) is 7.84. The topological polar surface area (TPSA) is 56.0 Å². The largest absolute Gasteiger partial charge is 0.369 e. The summed E-state index contributed by atoms with van der Waals surface area (Å²) in [5, 5.41) is 1.98. The molecule has 2 N–H and O–H groups in total. The number of aromatic nitrogens is 1. The number of carbonyl (C=O) groups is 1. The average molecular weight is 168 g/mol. The van der Waals surface area contributed by atoms with E-state index in [1.54, 1.807) is 16.8 Å². The van der Waals surface area contributed by atoms with Gasteiger partial charge in [-0.05, 0) is 6.42 Å². The molecule has 2 unspecified atom stereocenters. The summed E-state index contributed by atoms with van der Waals surface area (Å²) in [4.78, 5) is 14.8. The van der Waals surface area contributed by atoms with Crippen molar-refractivity contribution in [1.29, 1.82) is 0 Å². The van der Waals surface area contributed by atoms with Crippen molar-refractivity contribution < 1.29 is 4.79 Å². The molecule has 0 bridgehead atoms. The first-order chi connectivity index (χ1) is 5.29. The molecule has 4 heteroatoms. The van der Waals surface area contributed by atoms with Crippen LogP contribution in [0.1, 0.15) is 18.0 Å². The van der Waals surface area contributed by atoms with Crippen LogP contribution < -0.4 is 5.73 Å². The van der Waals surface area contributed by atoms with Crippen molar-refractivity contribution in [1.82, 2.24) is 4.98 Å². The Bertz CT molecular complexity index is 270. The van der Waals surface area contributed by atoms with Crippen molar-refractivity contribution >= 4 is 17.2 Å². The molecule has 0 saturated heterocycles. The van der Waals surface area contributed by atoms with Crippen molar-refractivity contribution in [2.75, 3.05) is 0 Å². The third-order valence-electron chi connectivity index (χ3n) is 1.99. The molecule has 11 heavy (non-hydrogen) atoms. The fourth-order valence-electron chi connectivity index (χ4n) is 1.24. The van der Waals surface area contributed by atoms with Crippen LogP contribution in [0, 0.1) is 5.92 Å². The van der Waals surface area contributed by atoms with Gasteiger partial charge in [0.2, 0.25) is 5.91 Å². The van der Waals surface area contributed by atoms with Crippen LogP contribution in [-0.4, -0.2) is 10.9 Å². The Morgan fingerprint density at radius 3 is 3.09 bits per heavy atom. The Kier molecular flexibility index (Phi) is 1.42. The predicted molar refractivity (Wildman–Crippen MR) is 42.2 cm³/mol. The molecule has 2 rings (SSSR count). The maximum Gasteiger partial charge on any atom is 0.221 e. The molecule has 1 aromatic heterocycles. The summed E-state index contributed by atoms with van der Waals surface area (Å²) >= 11 is 1.56. The molecule has 0 aromatic carbocycles. The molecule has 58 valence electrons. The van der Waals surface area contributed by atoms with Gasteiger partial charge in [-0.25, -0.2) is 4.98 Å². The Balaban J connectivity index is 2.08. The van der Waals surface area contributed by atoms with E-state index in [4.69, 9.17) is 5.73 Å². The summed E-state index contributed by atoms with van der Waals surface area (Å²) in [5.41, 5.74) is 7.94. The number of carbonyl (C=O) groups excluding carboxylic acids is 1. The van der Waals surface area contributed by atoms with Gasteiger partial charge in [-0.15, -0.1) is 11.3 Å². The van der Waals surface area contributed by atoms with Crippen molar-refractivity contribution in [3.63, 3.8) is 0 Å². The van der Waals surface area contributed by atoms with E-state index in [0.717, 1.165) is 12.1 Å². The smallest absolute Gasteiger partial charge is 0.221 e. The highest BCUT2D eigenvalue weighted by atomic mass is 32.1. The highest BCUT2D eigenvalue weighted by Gasteiger charge is 2.43. The SMILES string of the molecule is NC(=O)C1CC1c1cscn1. The third-order valence-corrected chi connectivity index (χ3v) is 2.59. The van der Waals surface area contributed by atoms with E-state index < -0.39 is 0 Å². The van der Waals surface area contributed by atoms with E-state index in [-0.39, 0.29) is 11.8 Å². The molecule has 1 aliphatic rings. The van der Waals surface area contributed by atoms with Crippen molar-refractivity contribution in [2.45, 2.75) is 12.3 Å². The first-order valence-electron chi connectivity index (χ1n) is 3.46. The predicted octanol–water partition coefficient (Wildman–Crippen LogP) is 0.732. The van der Waals surface area contributed by atoms with Crippen molar-refractivity contribution in [2.24, 2.45) is 11.7 Å². The number of primary amides is 1. The number of rotatable bonds is 2. The fourth-order valence-corrected chi connectivity index (χ4v) is 1.86. The van der Waals surface area contributed by atoms with Gasteiger partial charge in [0.15, 0.2) is 0 Å². The van der Waals surface area contributed by atoms with E-state index in [2.05, 4.69) is 4.98 Å². The maximum atomic E-state index is 10.7. The van der Waals surface area contributed by atoms with Gasteiger partial charge < -0.3 is 5.73 Å². The Morgan fingerprint density at radius 2 is 2.64 bits per heavy atom. The minimum atomic E-state index is -0.192. The van der Waals surface area contributed by atoms with Crippen LogP contribution in [0.5, 0.6) is 0 Å². The van der Waals surface area contributed by atoms with Crippen LogP contribution in [0.25, 0.3) is 0 Å². The summed E-state index contributed by atoms with van der Waals surface area (Å²) in [5.74, 6) is 0.179. The maximum absolute atomic E-state index is 10.7. The highest BCUT2D eigenvalue weighted by molar-refractivity contribution is 7.07.